The summed E-state index contributed by atoms with van der Waals surface area (Å²) in [5.41, 5.74) is 1.27. The highest BCUT2D eigenvalue weighted by Crippen LogP contribution is 2.19. The van der Waals surface area contributed by atoms with Gasteiger partial charge in [0.05, 0.1) is 13.2 Å². The van der Waals surface area contributed by atoms with Crippen molar-refractivity contribution in [2.45, 2.75) is 32.6 Å². The zero-order valence-corrected chi connectivity index (χ0v) is 16.2. The van der Waals surface area contributed by atoms with Crippen molar-refractivity contribution in [1.82, 2.24) is 0 Å². The number of benzene rings is 2. The molecule has 0 atom stereocenters. The number of amides is 1. The van der Waals surface area contributed by atoms with Gasteiger partial charge in [-0.2, -0.15) is 0 Å². The number of unbranched alkanes of at least 4 members (excludes halogenated alkanes) is 3. The van der Waals surface area contributed by atoms with Crippen LogP contribution in [0.3, 0.4) is 0 Å². The molecule has 0 saturated heterocycles. The molecule has 0 radical (unpaired) electrons. The monoisotopic (exact) mass is 371 g/mol. The quantitative estimate of drug-likeness (QED) is 0.538. The van der Waals surface area contributed by atoms with Crippen LogP contribution in [0.4, 0.5) is 5.69 Å². The first-order valence-corrected chi connectivity index (χ1v) is 9.49. The van der Waals surface area contributed by atoms with Crippen LogP contribution in [-0.2, 0) is 4.74 Å². The summed E-state index contributed by atoms with van der Waals surface area (Å²) in [5, 5.41) is 2.88. The van der Waals surface area contributed by atoms with E-state index in [9.17, 15) is 4.79 Å². The minimum absolute atomic E-state index is 0.168. The van der Waals surface area contributed by atoms with E-state index >= 15 is 0 Å². The topological polar surface area (TPSA) is 56.8 Å². The van der Waals surface area contributed by atoms with Crippen LogP contribution in [0.2, 0.25) is 0 Å². The summed E-state index contributed by atoms with van der Waals surface area (Å²) >= 11 is 0. The third-order valence-electron chi connectivity index (χ3n) is 4.03. The molecular weight excluding hydrogens is 342 g/mol. The number of hydrogen-bond donors (Lipinski definition) is 1. The van der Waals surface area contributed by atoms with Gasteiger partial charge in [-0.25, -0.2) is 0 Å². The van der Waals surface area contributed by atoms with Crippen molar-refractivity contribution in [3.63, 3.8) is 0 Å². The molecule has 0 aliphatic rings. The number of carbonyl (C=O) groups is 1. The molecule has 0 aliphatic carbocycles. The highest BCUT2D eigenvalue weighted by Gasteiger charge is 2.07. The maximum absolute atomic E-state index is 12.4. The van der Waals surface area contributed by atoms with Crippen molar-refractivity contribution >= 4 is 11.6 Å². The lowest BCUT2D eigenvalue weighted by atomic mass is 10.2. The van der Waals surface area contributed by atoms with Crippen molar-refractivity contribution in [3.8, 4) is 11.5 Å². The van der Waals surface area contributed by atoms with Crippen molar-refractivity contribution in [1.29, 1.82) is 0 Å². The van der Waals surface area contributed by atoms with E-state index in [1.807, 2.05) is 30.3 Å². The molecule has 1 N–H and O–H groups in total. The van der Waals surface area contributed by atoms with Gasteiger partial charge in [0, 0.05) is 24.4 Å². The minimum atomic E-state index is -0.168. The Labute approximate surface area is 161 Å². The molecule has 27 heavy (non-hydrogen) atoms. The summed E-state index contributed by atoms with van der Waals surface area (Å²) in [5.74, 6) is 1.31. The molecule has 0 heterocycles. The van der Waals surface area contributed by atoms with Crippen LogP contribution in [0.5, 0.6) is 11.5 Å². The standard InChI is InChI=1S/C22H29NO4/c1-3-4-5-6-14-26-20-12-10-18(11-13-20)22(24)23-19-8-7-9-21(17-19)27-16-15-25-2/h7-13,17H,3-6,14-16H2,1-2H3,(H,23,24). The van der Waals surface area contributed by atoms with Crippen LogP contribution in [0.1, 0.15) is 43.0 Å². The molecule has 2 aromatic rings. The summed E-state index contributed by atoms with van der Waals surface area (Å²) in [7, 11) is 1.63. The zero-order chi connectivity index (χ0) is 19.3. The van der Waals surface area contributed by atoms with E-state index in [4.69, 9.17) is 14.2 Å². The summed E-state index contributed by atoms with van der Waals surface area (Å²) in [4.78, 5) is 12.4. The van der Waals surface area contributed by atoms with Gasteiger partial charge in [0.25, 0.3) is 5.91 Å². The fourth-order valence-corrected chi connectivity index (χ4v) is 2.53. The molecule has 0 saturated carbocycles. The van der Waals surface area contributed by atoms with Crippen LogP contribution in [-0.4, -0.2) is 32.8 Å². The Balaban J connectivity index is 1.84. The fourth-order valence-electron chi connectivity index (χ4n) is 2.53. The maximum Gasteiger partial charge on any atom is 0.255 e. The van der Waals surface area contributed by atoms with Crippen molar-refractivity contribution in [2.24, 2.45) is 0 Å². The van der Waals surface area contributed by atoms with Gasteiger partial charge in [0.1, 0.15) is 18.1 Å². The van der Waals surface area contributed by atoms with Crippen LogP contribution in [0.15, 0.2) is 48.5 Å². The van der Waals surface area contributed by atoms with Gasteiger partial charge >= 0.3 is 0 Å². The second kappa shape index (κ2) is 12.0. The lowest BCUT2D eigenvalue weighted by molar-refractivity contribution is 0.102. The highest BCUT2D eigenvalue weighted by atomic mass is 16.5. The first-order chi connectivity index (χ1) is 13.2. The first-order valence-electron chi connectivity index (χ1n) is 9.49. The largest absolute Gasteiger partial charge is 0.494 e. The Hall–Kier alpha value is -2.53. The molecule has 2 rings (SSSR count). The minimum Gasteiger partial charge on any atom is -0.494 e. The SMILES string of the molecule is CCCCCCOc1ccc(C(=O)Nc2cccc(OCCOC)c2)cc1. The van der Waals surface area contributed by atoms with E-state index in [0.29, 0.717) is 36.8 Å². The summed E-state index contributed by atoms with van der Waals surface area (Å²) in [6.07, 6.45) is 4.69. The maximum atomic E-state index is 12.4. The van der Waals surface area contributed by atoms with Gasteiger partial charge in [-0.15, -0.1) is 0 Å². The van der Waals surface area contributed by atoms with E-state index in [1.54, 1.807) is 25.3 Å². The molecule has 5 heteroatoms. The number of anilines is 1. The lowest BCUT2D eigenvalue weighted by Crippen LogP contribution is -2.12. The third-order valence-corrected chi connectivity index (χ3v) is 4.03. The molecule has 0 unspecified atom stereocenters. The van der Waals surface area contributed by atoms with E-state index in [2.05, 4.69) is 12.2 Å². The second-order valence-corrected chi connectivity index (χ2v) is 6.26. The Morgan fingerprint density at radius 3 is 2.41 bits per heavy atom. The van der Waals surface area contributed by atoms with Crippen LogP contribution < -0.4 is 14.8 Å². The van der Waals surface area contributed by atoms with Gasteiger partial charge in [0.15, 0.2) is 0 Å². The van der Waals surface area contributed by atoms with Crippen LogP contribution in [0, 0.1) is 0 Å². The molecule has 146 valence electrons. The van der Waals surface area contributed by atoms with Gasteiger partial charge in [0.2, 0.25) is 0 Å². The Morgan fingerprint density at radius 1 is 0.889 bits per heavy atom. The van der Waals surface area contributed by atoms with Gasteiger partial charge in [-0.05, 0) is 42.8 Å². The molecule has 0 fully saturated rings. The third kappa shape index (κ3) is 7.71. The predicted molar refractivity (Wildman–Crippen MR) is 108 cm³/mol. The Bertz CT molecular complexity index is 685. The van der Waals surface area contributed by atoms with E-state index in [1.165, 1.54) is 19.3 Å². The smallest absolute Gasteiger partial charge is 0.255 e. The van der Waals surface area contributed by atoms with Crippen molar-refractivity contribution in [3.05, 3.63) is 54.1 Å². The molecule has 1 amide bonds. The average Bonchev–Trinajstić information content (AvgIpc) is 2.69. The predicted octanol–water partition coefficient (Wildman–Crippen LogP) is 4.92. The number of carbonyl (C=O) groups excluding carboxylic acids is 1. The molecule has 2 aromatic carbocycles. The number of rotatable bonds is 12. The van der Waals surface area contributed by atoms with Gasteiger partial charge in [-0.3, -0.25) is 4.79 Å². The molecule has 0 aliphatic heterocycles. The van der Waals surface area contributed by atoms with Gasteiger partial charge < -0.3 is 19.5 Å². The zero-order valence-electron chi connectivity index (χ0n) is 16.2. The number of nitrogens with one attached hydrogen (secondary N) is 1. The lowest BCUT2D eigenvalue weighted by Gasteiger charge is -2.10. The average molecular weight is 371 g/mol. The van der Waals surface area contributed by atoms with Crippen LogP contribution >= 0.6 is 0 Å². The molecule has 0 bridgehead atoms. The molecule has 5 nitrogen and oxygen atoms in total. The normalized spacial score (nSPS) is 10.4. The van der Waals surface area contributed by atoms with Crippen molar-refractivity contribution < 1.29 is 19.0 Å². The van der Waals surface area contributed by atoms with Crippen LogP contribution in [0.25, 0.3) is 0 Å². The summed E-state index contributed by atoms with van der Waals surface area (Å²) in [6, 6.07) is 14.5. The number of methoxy groups -OCH3 is 1. The van der Waals surface area contributed by atoms with E-state index < -0.39 is 0 Å². The first kappa shape index (κ1) is 20.8. The summed E-state index contributed by atoms with van der Waals surface area (Å²) in [6.45, 7) is 3.88. The summed E-state index contributed by atoms with van der Waals surface area (Å²) < 4.78 is 16.2. The molecule has 0 aromatic heterocycles. The number of ether oxygens (including phenoxy) is 3. The highest BCUT2D eigenvalue weighted by molar-refractivity contribution is 6.04. The van der Waals surface area contributed by atoms with Gasteiger partial charge in [-0.1, -0.05) is 32.3 Å². The fraction of sp³-hybridized carbons (Fsp3) is 0.409. The Morgan fingerprint density at radius 2 is 1.67 bits per heavy atom. The van der Waals surface area contributed by atoms with Crippen molar-refractivity contribution in [2.75, 3.05) is 32.2 Å². The molecule has 0 spiro atoms. The van der Waals surface area contributed by atoms with E-state index in [-0.39, 0.29) is 5.91 Å². The second-order valence-electron chi connectivity index (χ2n) is 6.26. The number of hydrogen-bond acceptors (Lipinski definition) is 4. The molecular formula is C22H29NO4. The van der Waals surface area contributed by atoms with E-state index in [0.717, 1.165) is 12.2 Å². The Kier molecular flexibility index (Phi) is 9.21.